The van der Waals surface area contributed by atoms with Crippen LogP contribution in [0, 0.1) is 0 Å². The van der Waals surface area contributed by atoms with Crippen LogP contribution < -0.4 is 10.1 Å². The number of imidazole rings is 1. The summed E-state index contributed by atoms with van der Waals surface area (Å²) in [6.07, 6.45) is 7.55. The number of aromatic nitrogens is 2. The first kappa shape index (κ1) is 18.3. The average Bonchev–Trinajstić information content (AvgIpc) is 3.03. The van der Waals surface area contributed by atoms with Gasteiger partial charge >= 0.3 is 0 Å². The molecule has 0 aliphatic carbocycles. The summed E-state index contributed by atoms with van der Waals surface area (Å²) in [5.41, 5.74) is 2.37. The van der Waals surface area contributed by atoms with Crippen molar-refractivity contribution in [1.29, 1.82) is 0 Å². The highest BCUT2D eigenvalue weighted by Gasteiger charge is 2.06. The van der Waals surface area contributed by atoms with Gasteiger partial charge in [-0.05, 0) is 35.9 Å². The summed E-state index contributed by atoms with van der Waals surface area (Å²) in [4.78, 5) is 16.5. The van der Waals surface area contributed by atoms with Crippen LogP contribution in [-0.4, -0.2) is 28.9 Å². The SMILES string of the molecule is COc1cccn2cc(CCNC(=O)/C=C/c3ccc(Cl)cc3Cl)nc12. The van der Waals surface area contributed by atoms with E-state index in [9.17, 15) is 4.79 Å². The van der Waals surface area contributed by atoms with E-state index in [1.165, 1.54) is 6.08 Å². The normalized spacial score (nSPS) is 11.2. The molecular weight excluding hydrogens is 373 g/mol. The van der Waals surface area contributed by atoms with Crippen molar-refractivity contribution >= 4 is 40.8 Å². The van der Waals surface area contributed by atoms with Crippen LogP contribution in [0.5, 0.6) is 5.75 Å². The van der Waals surface area contributed by atoms with E-state index in [1.807, 2.05) is 28.9 Å². The maximum Gasteiger partial charge on any atom is 0.244 e. The molecule has 0 unspecified atom stereocenters. The number of ether oxygens (including phenoxy) is 1. The maximum absolute atomic E-state index is 11.9. The second-order valence-corrected chi connectivity index (χ2v) is 6.42. The zero-order valence-corrected chi connectivity index (χ0v) is 15.6. The summed E-state index contributed by atoms with van der Waals surface area (Å²) in [7, 11) is 1.61. The van der Waals surface area contributed by atoms with Crippen LogP contribution in [0.3, 0.4) is 0 Å². The number of carbonyl (C=O) groups is 1. The number of nitrogens with one attached hydrogen (secondary N) is 1. The number of halogens is 2. The molecule has 0 saturated heterocycles. The van der Waals surface area contributed by atoms with E-state index in [4.69, 9.17) is 27.9 Å². The Hall–Kier alpha value is -2.50. The molecule has 26 heavy (non-hydrogen) atoms. The largest absolute Gasteiger partial charge is 0.493 e. The molecule has 2 heterocycles. The third-order valence-electron chi connectivity index (χ3n) is 3.77. The van der Waals surface area contributed by atoms with E-state index in [2.05, 4.69) is 10.3 Å². The van der Waals surface area contributed by atoms with Gasteiger partial charge in [-0.2, -0.15) is 0 Å². The monoisotopic (exact) mass is 389 g/mol. The van der Waals surface area contributed by atoms with Crippen molar-refractivity contribution in [3.63, 3.8) is 0 Å². The minimum Gasteiger partial charge on any atom is -0.493 e. The molecule has 1 aromatic carbocycles. The molecule has 0 radical (unpaired) electrons. The molecule has 0 spiro atoms. The molecule has 0 aliphatic heterocycles. The van der Waals surface area contributed by atoms with Crippen molar-refractivity contribution < 1.29 is 9.53 Å². The number of carbonyl (C=O) groups excluding carboxylic acids is 1. The van der Waals surface area contributed by atoms with Crippen molar-refractivity contribution in [1.82, 2.24) is 14.7 Å². The van der Waals surface area contributed by atoms with Gasteiger partial charge in [-0.15, -0.1) is 0 Å². The van der Waals surface area contributed by atoms with E-state index in [1.54, 1.807) is 31.4 Å². The Morgan fingerprint density at radius 1 is 1.35 bits per heavy atom. The number of hydrogen-bond donors (Lipinski definition) is 1. The minimum absolute atomic E-state index is 0.197. The Morgan fingerprint density at radius 3 is 2.96 bits per heavy atom. The predicted molar refractivity (Wildman–Crippen MR) is 104 cm³/mol. The van der Waals surface area contributed by atoms with Crippen LogP contribution in [0.25, 0.3) is 11.7 Å². The highest BCUT2D eigenvalue weighted by molar-refractivity contribution is 6.35. The number of nitrogens with zero attached hydrogens (tertiary/aromatic N) is 2. The molecule has 1 amide bonds. The van der Waals surface area contributed by atoms with Crippen LogP contribution in [0.15, 0.2) is 48.8 Å². The van der Waals surface area contributed by atoms with Gasteiger partial charge in [0.1, 0.15) is 0 Å². The molecular formula is C19H17Cl2N3O2. The third-order valence-corrected chi connectivity index (χ3v) is 4.34. The molecule has 0 bridgehead atoms. The number of rotatable bonds is 6. The Labute approximate surface area is 161 Å². The molecule has 3 aromatic rings. The van der Waals surface area contributed by atoms with Gasteiger partial charge in [0.15, 0.2) is 11.4 Å². The van der Waals surface area contributed by atoms with Gasteiger partial charge < -0.3 is 14.5 Å². The summed E-state index contributed by atoms with van der Waals surface area (Å²) >= 11 is 11.9. The number of amides is 1. The van der Waals surface area contributed by atoms with Gasteiger partial charge in [-0.25, -0.2) is 4.98 Å². The lowest BCUT2D eigenvalue weighted by molar-refractivity contribution is -0.116. The van der Waals surface area contributed by atoms with Crippen LogP contribution in [0.4, 0.5) is 0 Å². The lowest BCUT2D eigenvalue weighted by Gasteiger charge is -2.01. The standard InChI is InChI=1S/C19H17Cl2N3O2/c1-26-17-3-2-10-24-12-15(23-19(17)24)8-9-22-18(25)7-5-13-4-6-14(20)11-16(13)21/h2-7,10-12H,8-9H2,1H3,(H,22,25)/b7-5+. The smallest absolute Gasteiger partial charge is 0.244 e. The number of methoxy groups -OCH3 is 1. The molecule has 1 N–H and O–H groups in total. The van der Waals surface area contributed by atoms with Crippen LogP contribution in [0.2, 0.25) is 10.0 Å². The number of fused-ring (bicyclic) bond motifs is 1. The molecule has 7 heteroatoms. The van der Waals surface area contributed by atoms with Crippen LogP contribution >= 0.6 is 23.2 Å². The Morgan fingerprint density at radius 2 is 2.19 bits per heavy atom. The van der Waals surface area contributed by atoms with Crippen molar-refractivity contribution in [2.75, 3.05) is 13.7 Å². The first-order valence-electron chi connectivity index (χ1n) is 7.98. The first-order valence-corrected chi connectivity index (χ1v) is 8.74. The fourth-order valence-electron chi connectivity index (χ4n) is 2.49. The summed E-state index contributed by atoms with van der Waals surface area (Å²) < 4.78 is 7.19. The number of benzene rings is 1. The molecule has 5 nitrogen and oxygen atoms in total. The lowest BCUT2D eigenvalue weighted by atomic mass is 10.2. The molecule has 2 aromatic heterocycles. The molecule has 0 aliphatic rings. The van der Waals surface area contributed by atoms with Crippen molar-refractivity contribution in [3.05, 3.63) is 70.1 Å². The molecule has 0 fully saturated rings. The predicted octanol–water partition coefficient (Wildman–Crippen LogP) is 4.02. The fraction of sp³-hybridized carbons (Fsp3) is 0.158. The quantitative estimate of drug-likeness (QED) is 0.647. The topological polar surface area (TPSA) is 55.6 Å². The second-order valence-electron chi connectivity index (χ2n) is 5.58. The fourth-order valence-corrected chi connectivity index (χ4v) is 2.96. The zero-order chi connectivity index (χ0) is 18.5. The van der Waals surface area contributed by atoms with Gasteiger partial charge in [-0.3, -0.25) is 4.79 Å². The van der Waals surface area contributed by atoms with Crippen molar-refractivity contribution in [2.24, 2.45) is 0 Å². The van der Waals surface area contributed by atoms with Gasteiger partial charge in [0, 0.05) is 41.5 Å². The first-order chi connectivity index (χ1) is 12.6. The van der Waals surface area contributed by atoms with E-state index in [0.717, 1.165) is 16.9 Å². The molecule has 134 valence electrons. The molecule has 3 rings (SSSR count). The van der Waals surface area contributed by atoms with Gasteiger partial charge in [0.05, 0.1) is 12.8 Å². The maximum atomic E-state index is 11.9. The highest BCUT2D eigenvalue weighted by Crippen LogP contribution is 2.22. The number of pyridine rings is 1. The van der Waals surface area contributed by atoms with E-state index < -0.39 is 0 Å². The third kappa shape index (κ3) is 4.36. The van der Waals surface area contributed by atoms with Crippen LogP contribution in [-0.2, 0) is 11.2 Å². The van der Waals surface area contributed by atoms with Gasteiger partial charge in [0.25, 0.3) is 0 Å². The van der Waals surface area contributed by atoms with E-state index in [0.29, 0.717) is 28.8 Å². The molecule has 0 atom stereocenters. The van der Waals surface area contributed by atoms with Crippen molar-refractivity contribution in [3.8, 4) is 5.75 Å². The minimum atomic E-state index is -0.197. The summed E-state index contributed by atoms with van der Waals surface area (Å²) in [5, 5.41) is 3.89. The summed E-state index contributed by atoms with van der Waals surface area (Å²) in [6.45, 7) is 0.476. The average molecular weight is 390 g/mol. The van der Waals surface area contributed by atoms with E-state index in [-0.39, 0.29) is 5.91 Å². The Balaban J connectivity index is 1.56. The molecule has 0 saturated carbocycles. The zero-order valence-electron chi connectivity index (χ0n) is 14.1. The number of hydrogen-bond acceptors (Lipinski definition) is 3. The second kappa shape index (κ2) is 8.25. The van der Waals surface area contributed by atoms with Gasteiger partial charge in [0.2, 0.25) is 5.91 Å². The lowest BCUT2D eigenvalue weighted by Crippen LogP contribution is -2.23. The van der Waals surface area contributed by atoms with Crippen LogP contribution in [0.1, 0.15) is 11.3 Å². The summed E-state index contributed by atoms with van der Waals surface area (Å²) in [5.74, 6) is 0.517. The highest BCUT2D eigenvalue weighted by atomic mass is 35.5. The summed E-state index contributed by atoms with van der Waals surface area (Å²) in [6, 6.07) is 8.88. The Kier molecular flexibility index (Phi) is 5.81. The van der Waals surface area contributed by atoms with Gasteiger partial charge in [-0.1, -0.05) is 29.3 Å². The van der Waals surface area contributed by atoms with Crippen molar-refractivity contribution in [2.45, 2.75) is 6.42 Å². The van der Waals surface area contributed by atoms with E-state index >= 15 is 0 Å². The Bertz CT molecular complexity index is 967.